The fraction of sp³-hybridized carbons (Fsp3) is 0.278. The van der Waals surface area contributed by atoms with Crippen LogP contribution in [0.5, 0.6) is 5.75 Å². The second kappa shape index (κ2) is 9.27. The van der Waals surface area contributed by atoms with Gasteiger partial charge in [0.15, 0.2) is 0 Å². The van der Waals surface area contributed by atoms with E-state index in [1.54, 1.807) is 25.3 Å². The minimum absolute atomic E-state index is 0.0473. The van der Waals surface area contributed by atoms with Crippen LogP contribution in [0.4, 0.5) is 11.4 Å². The zero-order chi connectivity index (χ0) is 18.1. The molecule has 0 fully saturated rings. The molecule has 0 radical (unpaired) electrons. The molecule has 2 rings (SSSR count). The monoisotopic (exact) mass is 343 g/mol. The lowest BCUT2D eigenvalue weighted by Gasteiger charge is -2.08. The van der Waals surface area contributed by atoms with Crippen LogP contribution >= 0.6 is 0 Å². The molecule has 2 N–H and O–H groups in total. The number of nitrogens with zero attached hydrogens (tertiary/aromatic N) is 1. The summed E-state index contributed by atoms with van der Waals surface area (Å²) in [6, 6.07) is 13.8. The van der Waals surface area contributed by atoms with Gasteiger partial charge in [-0.05, 0) is 30.2 Å². The van der Waals surface area contributed by atoms with E-state index in [2.05, 4.69) is 10.6 Å². The van der Waals surface area contributed by atoms with Crippen LogP contribution in [-0.4, -0.2) is 31.0 Å². The van der Waals surface area contributed by atoms with Crippen molar-refractivity contribution in [1.82, 2.24) is 5.32 Å². The Hall–Kier alpha value is -3.09. The molecule has 0 spiro atoms. The Morgan fingerprint density at radius 2 is 1.84 bits per heavy atom. The fourth-order valence-corrected chi connectivity index (χ4v) is 2.31. The van der Waals surface area contributed by atoms with Crippen molar-refractivity contribution in [3.8, 4) is 5.75 Å². The second-order valence-electron chi connectivity index (χ2n) is 5.43. The van der Waals surface area contributed by atoms with Gasteiger partial charge >= 0.3 is 0 Å². The summed E-state index contributed by atoms with van der Waals surface area (Å²) in [4.78, 5) is 22.4. The van der Waals surface area contributed by atoms with Crippen LogP contribution < -0.4 is 15.4 Å². The quantitative estimate of drug-likeness (QED) is 0.415. The van der Waals surface area contributed by atoms with E-state index in [0.29, 0.717) is 31.6 Å². The zero-order valence-corrected chi connectivity index (χ0v) is 14.0. The number of nitrogens with one attached hydrogen (secondary N) is 2. The lowest BCUT2D eigenvalue weighted by molar-refractivity contribution is -0.384. The van der Waals surface area contributed by atoms with Crippen LogP contribution in [0.25, 0.3) is 0 Å². The van der Waals surface area contributed by atoms with Gasteiger partial charge in [-0.1, -0.05) is 24.3 Å². The molecule has 132 valence electrons. The number of nitro groups is 1. The Morgan fingerprint density at radius 1 is 1.12 bits per heavy atom. The van der Waals surface area contributed by atoms with Crippen LogP contribution in [0.3, 0.4) is 0 Å². The van der Waals surface area contributed by atoms with Crippen LogP contribution in [0.2, 0.25) is 0 Å². The molecule has 0 atom stereocenters. The molecule has 7 heteroatoms. The molecule has 25 heavy (non-hydrogen) atoms. The molecule has 0 bridgehead atoms. The van der Waals surface area contributed by atoms with Crippen LogP contribution in [-0.2, 0) is 11.2 Å². The van der Waals surface area contributed by atoms with Gasteiger partial charge < -0.3 is 15.4 Å². The molecule has 0 aromatic heterocycles. The van der Waals surface area contributed by atoms with Gasteiger partial charge in [-0.3, -0.25) is 14.9 Å². The number of amides is 1. The van der Waals surface area contributed by atoms with Crippen LogP contribution in [0, 0.1) is 10.1 Å². The number of carbonyl (C=O) groups is 1. The minimum atomic E-state index is -0.418. The Kier molecular flexibility index (Phi) is 6.76. The molecule has 0 saturated carbocycles. The summed E-state index contributed by atoms with van der Waals surface area (Å²) < 4.78 is 5.08. The second-order valence-corrected chi connectivity index (χ2v) is 5.43. The average molecular weight is 343 g/mol. The van der Waals surface area contributed by atoms with E-state index in [1.165, 1.54) is 6.07 Å². The molecule has 0 aliphatic heterocycles. The number of nitro benzene ring substituents is 1. The zero-order valence-electron chi connectivity index (χ0n) is 14.0. The smallest absolute Gasteiger partial charge is 0.292 e. The molecule has 0 unspecified atom stereocenters. The number of benzene rings is 2. The van der Waals surface area contributed by atoms with Crippen molar-refractivity contribution >= 4 is 17.3 Å². The molecule has 2 aromatic rings. The van der Waals surface area contributed by atoms with Crippen molar-refractivity contribution in [2.45, 2.75) is 12.8 Å². The predicted molar refractivity (Wildman–Crippen MR) is 95.9 cm³/mol. The standard InChI is InChI=1S/C18H21N3O4/c1-25-15-9-7-14(8-10-15)13-18(22)20-12-4-11-19-16-5-2-3-6-17(16)21(23)24/h2-3,5-10,19H,4,11-13H2,1H3,(H,20,22). The first-order chi connectivity index (χ1) is 12.1. The Bertz CT molecular complexity index is 717. The van der Waals surface area contributed by atoms with Crippen molar-refractivity contribution in [1.29, 1.82) is 0 Å². The number of anilines is 1. The maximum atomic E-state index is 11.9. The van der Waals surface area contributed by atoms with E-state index in [9.17, 15) is 14.9 Å². The van der Waals surface area contributed by atoms with Crippen LogP contribution in [0.1, 0.15) is 12.0 Å². The maximum absolute atomic E-state index is 11.9. The van der Waals surface area contributed by atoms with E-state index in [1.807, 2.05) is 24.3 Å². The van der Waals surface area contributed by atoms with Crippen molar-refractivity contribution in [2.24, 2.45) is 0 Å². The van der Waals surface area contributed by atoms with Gasteiger partial charge in [0, 0.05) is 19.2 Å². The summed E-state index contributed by atoms with van der Waals surface area (Å²) in [7, 11) is 1.60. The Labute approximate surface area is 146 Å². The van der Waals surface area contributed by atoms with Crippen molar-refractivity contribution < 1.29 is 14.5 Å². The average Bonchev–Trinajstić information content (AvgIpc) is 2.62. The summed E-state index contributed by atoms with van der Waals surface area (Å²) in [5.41, 5.74) is 1.44. The van der Waals surface area contributed by atoms with Crippen molar-refractivity contribution in [3.05, 3.63) is 64.2 Å². The summed E-state index contributed by atoms with van der Waals surface area (Å²) in [6.45, 7) is 1.04. The molecule has 7 nitrogen and oxygen atoms in total. The number of ether oxygens (including phenoxy) is 1. The first-order valence-electron chi connectivity index (χ1n) is 7.97. The minimum Gasteiger partial charge on any atom is -0.497 e. The Balaban J connectivity index is 1.69. The van der Waals surface area contributed by atoms with Gasteiger partial charge in [-0.2, -0.15) is 0 Å². The van der Waals surface area contributed by atoms with E-state index >= 15 is 0 Å². The van der Waals surface area contributed by atoms with Gasteiger partial charge in [-0.15, -0.1) is 0 Å². The molecule has 0 aliphatic rings. The molecule has 0 saturated heterocycles. The van der Waals surface area contributed by atoms with Gasteiger partial charge in [0.05, 0.1) is 18.5 Å². The number of para-hydroxylation sites is 2. The van der Waals surface area contributed by atoms with Gasteiger partial charge in [0.1, 0.15) is 11.4 Å². The highest BCUT2D eigenvalue weighted by Gasteiger charge is 2.11. The third kappa shape index (κ3) is 5.80. The summed E-state index contributed by atoms with van der Waals surface area (Å²) >= 11 is 0. The molecule has 2 aromatic carbocycles. The first-order valence-corrected chi connectivity index (χ1v) is 7.97. The lowest BCUT2D eigenvalue weighted by atomic mass is 10.1. The molecule has 0 heterocycles. The third-order valence-electron chi connectivity index (χ3n) is 3.62. The van der Waals surface area contributed by atoms with Gasteiger partial charge in [0.25, 0.3) is 5.69 Å². The molecular weight excluding hydrogens is 322 g/mol. The lowest BCUT2D eigenvalue weighted by Crippen LogP contribution is -2.27. The first kappa shape index (κ1) is 18.3. The number of hydrogen-bond donors (Lipinski definition) is 2. The van der Waals surface area contributed by atoms with Crippen molar-refractivity contribution in [2.75, 3.05) is 25.5 Å². The van der Waals surface area contributed by atoms with Gasteiger partial charge in [0.2, 0.25) is 5.91 Å². The molecule has 0 aliphatic carbocycles. The summed E-state index contributed by atoms with van der Waals surface area (Å²) in [5, 5.41) is 16.8. The highest BCUT2D eigenvalue weighted by Crippen LogP contribution is 2.22. The van der Waals surface area contributed by atoms with E-state index in [0.717, 1.165) is 11.3 Å². The highest BCUT2D eigenvalue weighted by atomic mass is 16.6. The number of rotatable bonds is 9. The third-order valence-corrected chi connectivity index (χ3v) is 3.62. The fourth-order valence-electron chi connectivity index (χ4n) is 2.31. The van der Waals surface area contributed by atoms with E-state index in [4.69, 9.17) is 4.74 Å². The number of carbonyl (C=O) groups excluding carboxylic acids is 1. The van der Waals surface area contributed by atoms with E-state index < -0.39 is 4.92 Å². The predicted octanol–water partition coefficient (Wildman–Crippen LogP) is 2.76. The SMILES string of the molecule is COc1ccc(CC(=O)NCCCNc2ccccc2[N+](=O)[O-])cc1. The number of methoxy groups -OCH3 is 1. The van der Waals surface area contributed by atoms with Crippen LogP contribution in [0.15, 0.2) is 48.5 Å². The summed E-state index contributed by atoms with van der Waals surface area (Å²) in [6.07, 6.45) is 0.974. The normalized spacial score (nSPS) is 10.1. The highest BCUT2D eigenvalue weighted by molar-refractivity contribution is 5.78. The van der Waals surface area contributed by atoms with Gasteiger partial charge in [-0.25, -0.2) is 0 Å². The van der Waals surface area contributed by atoms with E-state index in [-0.39, 0.29) is 11.6 Å². The Morgan fingerprint density at radius 3 is 2.52 bits per heavy atom. The molecular formula is C18H21N3O4. The maximum Gasteiger partial charge on any atom is 0.292 e. The summed E-state index contributed by atoms with van der Waals surface area (Å²) in [5.74, 6) is 0.695. The number of hydrogen-bond acceptors (Lipinski definition) is 5. The largest absolute Gasteiger partial charge is 0.497 e. The topological polar surface area (TPSA) is 93.5 Å². The molecule has 1 amide bonds. The van der Waals surface area contributed by atoms with Crippen molar-refractivity contribution in [3.63, 3.8) is 0 Å².